The minimum atomic E-state index is 0.884. The lowest BCUT2D eigenvalue weighted by atomic mass is 9.87. The second-order valence-corrected chi connectivity index (χ2v) is 8.87. The van der Waals surface area contributed by atoms with Crippen molar-refractivity contribution in [1.82, 2.24) is 0 Å². The molecule has 3 aromatic carbocycles. The molecule has 0 bridgehead atoms. The van der Waals surface area contributed by atoms with Crippen molar-refractivity contribution in [1.29, 1.82) is 0 Å². The molecular formula is C31H38. The molecule has 0 aliphatic carbocycles. The first-order chi connectivity index (χ1) is 14.8. The zero-order valence-corrected chi connectivity index (χ0v) is 20.2. The zero-order valence-electron chi connectivity index (χ0n) is 20.2. The van der Waals surface area contributed by atoms with E-state index in [0.717, 1.165) is 17.9 Å². The Morgan fingerprint density at radius 2 is 1.42 bits per heavy atom. The van der Waals surface area contributed by atoms with Crippen LogP contribution in [0.3, 0.4) is 0 Å². The van der Waals surface area contributed by atoms with Gasteiger partial charge in [-0.1, -0.05) is 124 Å². The van der Waals surface area contributed by atoms with Crippen molar-refractivity contribution in [2.75, 3.05) is 0 Å². The summed E-state index contributed by atoms with van der Waals surface area (Å²) < 4.78 is 0. The Balaban J connectivity index is 0.000000614. The number of rotatable bonds is 6. The topological polar surface area (TPSA) is 0 Å². The maximum Gasteiger partial charge on any atom is -0.00134 e. The molecule has 0 saturated carbocycles. The van der Waals surface area contributed by atoms with Crippen LogP contribution in [0.4, 0.5) is 0 Å². The molecule has 0 heteroatoms. The fraction of sp³-hybridized carbons (Fsp3) is 0.290. The molecular weight excluding hydrogens is 372 g/mol. The molecule has 0 aromatic heterocycles. The lowest BCUT2D eigenvalue weighted by Crippen LogP contribution is -1.99. The van der Waals surface area contributed by atoms with Crippen molar-refractivity contribution in [2.45, 2.75) is 54.4 Å². The maximum atomic E-state index is 4.14. The number of fused-ring (bicyclic) bond motifs is 1. The Bertz CT molecular complexity index is 1040. The van der Waals surface area contributed by atoms with Crippen LogP contribution in [-0.2, 0) is 6.42 Å². The van der Waals surface area contributed by atoms with Gasteiger partial charge in [-0.2, -0.15) is 0 Å². The minimum absolute atomic E-state index is 0.884. The van der Waals surface area contributed by atoms with Gasteiger partial charge in [0.05, 0.1) is 0 Å². The summed E-state index contributed by atoms with van der Waals surface area (Å²) >= 11 is 0. The van der Waals surface area contributed by atoms with Gasteiger partial charge in [-0.3, -0.25) is 0 Å². The number of benzene rings is 3. The molecule has 0 heterocycles. The average molecular weight is 411 g/mol. The van der Waals surface area contributed by atoms with Crippen LogP contribution < -0.4 is 0 Å². The van der Waals surface area contributed by atoms with E-state index in [1.165, 1.54) is 45.0 Å². The summed E-state index contributed by atoms with van der Waals surface area (Å²) in [6.07, 6.45) is 4.43. The van der Waals surface area contributed by atoms with E-state index < -0.39 is 0 Å². The first-order valence-corrected chi connectivity index (χ1v) is 11.4. The van der Waals surface area contributed by atoms with Gasteiger partial charge in [0.15, 0.2) is 0 Å². The highest BCUT2D eigenvalue weighted by Gasteiger charge is 2.12. The Hall–Kier alpha value is -2.86. The van der Waals surface area contributed by atoms with Crippen molar-refractivity contribution in [3.8, 4) is 0 Å². The van der Waals surface area contributed by atoms with E-state index in [2.05, 4.69) is 127 Å². The molecule has 0 N–H and O–H groups in total. The second kappa shape index (κ2) is 12.1. The van der Waals surface area contributed by atoms with Crippen LogP contribution in [0, 0.1) is 5.92 Å². The highest BCUT2D eigenvalue weighted by atomic mass is 14.2. The van der Waals surface area contributed by atoms with Gasteiger partial charge in [0.1, 0.15) is 0 Å². The molecule has 0 spiro atoms. The van der Waals surface area contributed by atoms with Crippen LogP contribution in [0.5, 0.6) is 0 Å². The van der Waals surface area contributed by atoms with Gasteiger partial charge in [-0.25, -0.2) is 0 Å². The van der Waals surface area contributed by atoms with Crippen molar-refractivity contribution in [2.24, 2.45) is 5.92 Å². The Morgan fingerprint density at radius 1 is 0.839 bits per heavy atom. The SMILES string of the molecule is C=C(C)/C=C(/Cc1cccc2ccccc12)C(=C(C)C)c1ccccc1.CCC(C)C. The number of hydrogen-bond acceptors (Lipinski definition) is 0. The fourth-order valence-corrected chi connectivity index (χ4v) is 3.56. The van der Waals surface area contributed by atoms with Crippen LogP contribution in [0.2, 0.25) is 0 Å². The van der Waals surface area contributed by atoms with E-state index >= 15 is 0 Å². The Morgan fingerprint density at radius 3 is 2.00 bits per heavy atom. The number of hydrogen-bond donors (Lipinski definition) is 0. The van der Waals surface area contributed by atoms with E-state index in [-0.39, 0.29) is 0 Å². The van der Waals surface area contributed by atoms with Crippen molar-refractivity contribution >= 4 is 16.3 Å². The molecule has 3 rings (SSSR count). The summed E-state index contributed by atoms with van der Waals surface area (Å²) in [7, 11) is 0. The zero-order chi connectivity index (χ0) is 22.8. The molecule has 0 nitrogen and oxygen atoms in total. The molecule has 0 saturated heterocycles. The van der Waals surface area contributed by atoms with E-state index in [1.807, 2.05) is 0 Å². The molecule has 0 fully saturated rings. The molecule has 0 radical (unpaired) electrons. The molecule has 3 aromatic rings. The first kappa shape index (κ1) is 24.4. The second-order valence-electron chi connectivity index (χ2n) is 8.87. The molecule has 0 aliphatic heterocycles. The maximum absolute atomic E-state index is 4.14. The summed E-state index contributed by atoms with van der Waals surface area (Å²) in [6, 6.07) is 25.9. The van der Waals surface area contributed by atoms with E-state index in [1.54, 1.807) is 0 Å². The molecule has 0 aliphatic rings. The molecule has 0 unspecified atom stereocenters. The van der Waals surface area contributed by atoms with Gasteiger partial charge in [0, 0.05) is 0 Å². The fourth-order valence-electron chi connectivity index (χ4n) is 3.56. The minimum Gasteiger partial charge on any atom is -0.0961 e. The van der Waals surface area contributed by atoms with Gasteiger partial charge >= 0.3 is 0 Å². The summed E-state index contributed by atoms with van der Waals surface area (Å²) in [6.45, 7) is 17.2. The average Bonchev–Trinajstić information content (AvgIpc) is 2.74. The first-order valence-electron chi connectivity index (χ1n) is 11.4. The summed E-state index contributed by atoms with van der Waals surface area (Å²) in [4.78, 5) is 0. The third-order valence-electron chi connectivity index (χ3n) is 5.38. The number of allylic oxidation sites excluding steroid dienone is 5. The largest absolute Gasteiger partial charge is 0.0961 e. The monoisotopic (exact) mass is 410 g/mol. The van der Waals surface area contributed by atoms with Gasteiger partial charge < -0.3 is 0 Å². The standard InChI is InChI=1S/C26H26.C5H12/c1-19(2)17-24(26(20(3)4)22-12-6-5-7-13-22)18-23-15-10-14-21-11-8-9-16-25(21)23;1-4-5(2)3/h5-17H,1,18H2,2-4H3;5H,4H2,1-3H3/b24-17-;. The van der Waals surface area contributed by atoms with Gasteiger partial charge in [0.25, 0.3) is 0 Å². The van der Waals surface area contributed by atoms with Gasteiger partial charge in [-0.05, 0) is 66.2 Å². The van der Waals surface area contributed by atoms with Crippen LogP contribution in [0.25, 0.3) is 16.3 Å². The van der Waals surface area contributed by atoms with Crippen molar-refractivity contribution in [3.05, 3.63) is 113 Å². The van der Waals surface area contributed by atoms with Crippen LogP contribution in [0.15, 0.2) is 102 Å². The van der Waals surface area contributed by atoms with E-state index in [9.17, 15) is 0 Å². The third kappa shape index (κ3) is 7.40. The predicted octanol–water partition coefficient (Wildman–Crippen LogP) is 9.43. The van der Waals surface area contributed by atoms with Crippen LogP contribution >= 0.6 is 0 Å². The predicted molar refractivity (Wildman–Crippen MR) is 140 cm³/mol. The molecule has 31 heavy (non-hydrogen) atoms. The summed E-state index contributed by atoms with van der Waals surface area (Å²) in [5, 5.41) is 2.61. The van der Waals surface area contributed by atoms with Gasteiger partial charge in [-0.15, -0.1) is 0 Å². The van der Waals surface area contributed by atoms with Crippen LogP contribution in [0.1, 0.15) is 59.1 Å². The smallest absolute Gasteiger partial charge is 0.00134 e. The van der Waals surface area contributed by atoms with Crippen LogP contribution in [-0.4, -0.2) is 0 Å². The Kier molecular flexibility index (Phi) is 9.53. The lowest BCUT2D eigenvalue weighted by Gasteiger charge is -2.17. The van der Waals surface area contributed by atoms with E-state index in [4.69, 9.17) is 0 Å². The normalized spacial score (nSPS) is 11.1. The van der Waals surface area contributed by atoms with Crippen molar-refractivity contribution < 1.29 is 0 Å². The summed E-state index contributed by atoms with van der Waals surface area (Å²) in [5.74, 6) is 0.884. The molecule has 0 amide bonds. The highest BCUT2D eigenvalue weighted by Crippen LogP contribution is 2.32. The van der Waals surface area contributed by atoms with Gasteiger partial charge in [0.2, 0.25) is 0 Å². The quantitative estimate of drug-likeness (QED) is 0.355. The third-order valence-corrected chi connectivity index (χ3v) is 5.38. The molecule has 0 atom stereocenters. The summed E-state index contributed by atoms with van der Waals surface area (Å²) in [5.41, 5.74) is 7.66. The Labute approximate surface area is 190 Å². The molecule has 162 valence electrons. The van der Waals surface area contributed by atoms with Crippen molar-refractivity contribution in [3.63, 3.8) is 0 Å². The van der Waals surface area contributed by atoms with E-state index in [0.29, 0.717) is 0 Å². The highest BCUT2D eigenvalue weighted by molar-refractivity contribution is 5.88. The lowest BCUT2D eigenvalue weighted by molar-refractivity contribution is 0.626.